The van der Waals surface area contributed by atoms with Gasteiger partial charge in [0.1, 0.15) is 5.70 Å². The molecule has 0 amide bonds. The van der Waals surface area contributed by atoms with Crippen LogP contribution in [0, 0.1) is 0 Å². The Hall–Kier alpha value is -2.62. The third-order valence-corrected chi connectivity index (χ3v) is 4.06. The summed E-state index contributed by atoms with van der Waals surface area (Å²) in [7, 11) is 1.86. The zero-order valence-corrected chi connectivity index (χ0v) is 11.6. The highest BCUT2D eigenvalue weighted by atomic mass is 16.5. The first-order chi connectivity index (χ1) is 10.2. The van der Waals surface area contributed by atoms with E-state index in [1.54, 1.807) is 6.08 Å². The molecule has 1 aromatic carbocycles. The predicted octanol–water partition coefficient (Wildman–Crippen LogP) is 1.71. The number of allylic oxidation sites excluding steroid dienone is 2. The second-order valence-corrected chi connectivity index (χ2v) is 5.39. The standard InChI is InChI=1S/C17H13NO3/c1-18-8-12-11(10-5-3-2-4-6-10)7-13(19)15(12)17-16(18)14(20)9-21-17/h2-7H,8-9H2,1H3. The lowest BCUT2D eigenvalue weighted by molar-refractivity contribution is -0.117. The van der Waals surface area contributed by atoms with Crippen molar-refractivity contribution in [1.29, 1.82) is 0 Å². The summed E-state index contributed by atoms with van der Waals surface area (Å²) in [6.07, 6.45) is 1.65. The summed E-state index contributed by atoms with van der Waals surface area (Å²) in [6.45, 7) is 0.579. The van der Waals surface area contributed by atoms with E-state index in [-0.39, 0.29) is 18.2 Å². The average molecular weight is 279 g/mol. The Morgan fingerprint density at radius 2 is 1.90 bits per heavy atom. The number of hydrogen-bond acceptors (Lipinski definition) is 4. The number of likely N-dealkylation sites (N-methyl/N-ethyl adjacent to an activating group) is 1. The van der Waals surface area contributed by atoms with E-state index in [0.29, 0.717) is 23.6 Å². The fourth-order valence-corrected chi connectivity index (χ4v) is 3.16. The molecule has 21 heavy (non-hydrogen) atoms. The van der Waals surface area contributed by atoms with Crippen molar-refractivity contribution in [3.8, 4) is 0 Å². The normalized spacial score (nSPS) is 20.6. The van der Waals surface area contributed by atoms with Crippen molar-refractivity contribution in [3.05, 3.63) is 64.6 Å². The minimum atomic E-state index is -0.0702. The largest absolute Gasteiger partial charge is 0.482 e. The highest BCUT2D eigenvalue weighted by molar-refractivity contribution is 6.21. The van der Waals surface area contributed by atoms with Crippen LogP contribution >= 0.6 is 0 Å². The van der Waals surface area contributed by atoms with Crippen LogP contribution in [-0.2, 0) is 14.3 Å². The number of benzene rings is 1. The monoisotopic (exact) mass is 279 g/mol. The second-order valence-electron chi connectivity index (χ2n) is 5.39. The molecule has 0 aromatic heterocycles. The molecule has 0 saturated carbocycles. The van der Waals surface area contributed by atoms with Gasteiger partial charge in [-0.25, -0.2) is 0 Å². The maximum atomic E-state index is 12.4. The van der Waals surface area contributed by atoms with Crippen molar-refractivity contribution in [1.82, 2.24) is 4.90 Å². The lowest BCUT2D eigenvalue weighted by Crippen LogP contribution is -2.29. The van der Waals surface area contributed by atoms with E-state index < -0.39 is 0 Å². The molecule has 2 heterocycles. The van der Waals surface area contributed by atoms with Gasteiger partial charge < -0.3 is 9.64 Å². The highest BCUT2D eigenvalue weighted by Crippen LogP contribution is 2.42. The van der Waals surface area contributed by atoms with E-state index in [1.807, 2.05) is 42.3 Å². The summed E-state index contributed by atoms with van der Waals surface area (Å²) in [5, 5.41) is 0. The van der Waals surface area contributed by atoms with E-state index >= 15 is 0 Å². The number of ether oxygens (including phenoxy) is 1. The maximum Gasteiger partial charge on any atom is 0.220 e. The summed E-state index contributed by atoms with van der Waals surface area (Å²) >= 11 is 0. The Morgan fingerprint density at radius 3 is 2.67 bits per heavy atom. The molecule has 3 aliphatic rings. The molecule has 4 heteroatoms. The Morgan fingerprint density at radius 1 is 1.14 bits per heavy atom. The predicted molar refractivity (Wildman–Crippen MR) is 77.1 cm³/mol. The highest BCUT2D eigenvalue weighted by Gasteiger charge is 2.41. The van der Waals surface area contributed by atoms with Crippen LogP contribution in [0.4, 0.5) is 0 Å². The van der Waals surface area contributed by atoms with E-state index in [0.717, 1.165) is 16.7 Å². The Bertz CT molecular complexity index is 768. The van der Waals surface area contributed by atoms with E-state index in [2.05, 4.69) is 0 Å². The molecule has 0 fully saturated rings. The van der Waals surface area contributed by atoms with Gasteiger partial charge in [-0.3, -0.25) is 9.59 Å². The summed E-state index contributed by atoms with van der Waals surface area (Å²) in [4.78, 5) is 26.1. The zero-order chi connectivity index (χ0) is 14.6. The topological polar surface area (TPSA) is 46.6 Å². The van der Waals surface area contributed by atoms with E-state index in [1.165, 1.54) is 0 Å². The van der Waals surface area contributed by atoms with Crippen molar-refractivity contribution in [2.45, 2.75) is 0 Å². The molecule has 4 rings (SSSR count). The van der Waals surface area contributed by atoms with Gasteiger partial charge in [0.15, 0.2) is 18.1 Å². The molecule has 0 N–H and O–H groups in total. The van der Waals surface area contributed by atoms with Crippen molar-refractivity contribution in [2.75, 3.05) is 20.2 Å². The Kier molecular flexibility index (Phi) is 2.42. The Labute approximate surface area is 122 Å². The molecule has 4 nitrogen and oxygen atoms in total. The van der Waals surface area contributed by atoms with Gasteiger partial charge >= 0.3 is 0 Å². The van der Waals surface area contributed by atoms with E-state index in [9.17, 15) is 9.59 Å². The quantitative estimate of drug-likeness (QED) is 0.785. The second kappa shape index (κ2) is 4.19. The molecular formula is C17H13NO3. The number of rotatable bonds is 1. The summed E-state index contributed by atoms with van der Waals surface area (Å²) < 4.78 is 5.48. The molecule has 0 saturated heterocycles. The van der Waals surface area contributed by atoms with Crippen molar-refractivity contribution >= 4 is 17.1 Å². The fraction of sp³-hybridized carbons (Fsp3) is 0.176. The summed E-state index contributed by atoms with van der Waals surface area (Å²) in [5.41, 5.74) is 3.98. The molecule has 0 spiro atoms. The number of carbonyl (C=O) groups excluding carboxylic acids is 2. The van der Waals surface area contributed by atoms with Gasteiger partial charge in [-0.05, 0) is 22.8 Å². The minimum absolute atomic E-state index is 0.0275. The van der Waals surface area contributed by atoms with Gasteiger partial charge in [-0.1, -0.05) is 30.3 Å². The number of hydrogen-bond donors (Lipinski definition) is 0. The molecule has 0 atom stereocenters. The number of carbonyl (C=O) groups is 2. The van der Waals surface area contributed by atoms with Crippen LogP contribution < -0.4 is 0 Å². The van der Waals surface area contributed by atoms with Crippen LogP contribution in [0.25, 0.3) is 5.57 Å². The van der Waals surface area contributed by atoms with Gasteiger partial charge in [-0.2, -0.15) is 0 Å². The lowest BCUT2D eigenvalue weighted by Gasteiger charge is -2.26. The molecule has 0 bridgehead atoms. The number of Topliss-reactive ketones (excluding diaryl/α,β-unsaturated/α-hetero) is 1. The van der Waals surface area contributed by atoms with Crippen LogP contribution in [0.5, 0.6) is 0 Å². The average Bonchev–Trinajstić information content (AvgIpc) is 3.02. The lowest BCUT2D eigenvalue weighted by atomic mass is 9.94. The third kappa shape index (κ3) is 1.62. The zero-order valence-electron chi connectivity index (χ0n) is 11.6. The Balaban J connectivity index is 1.88. The number of nitrogens with zero attached hydrogens (tertiary/aromatic N) is 1. The van der Waals surface area contributed by atoms with Gasteiger partial charge in [0, 0.05) is 13.6 Å². The van der Waals surface area contributed by atoms with Gasteiger partial charge in [0.05, 0.1) is 5.57 Å². The van der Waals surface area contributed by atoms with E-state index in [4.69, 9.17) is 4.74 Å². The number of fused-ring (bicyclic) bond motifs is 1. The first-order valence-electron chi connectivity index (χ1n) is 6.83. The molecule has 0 unspecified atom stereocenters. The van der Waals surface area contributed by atoms with Crippen LogP contribution in [-0.4, -0.2) is 36.7 Å². The van der Waals surface area contributed by atoms with Crippen molar-refractivity contribution in [3.63, 3.8) is 0 Å². The fourth-order valence-electron chi connectivity index (χ4n) is 3.16. The van der Waals surface area contributed by atoms with Gasteiger partial charge in [0.25, 0.3) is 0 Å². The third-order valence-electron chi connectivity index (χ3n) is 4.06. The molecule has 2 aliphatic heterocycles. The van der Waals surface area contributed by atoms with Crippen molar-refractivity contribution < 1.29 is 14.3 Å². The SMILES string of the molecule is CN1CC2=C(C(=O)C=C2c2ccccc2)C2=C1C(=O)CO2. The van der Waals surface area contributed by atoms with Gasteiger partial charge in [-0.15, -0.1) is 0 Å². The van der Waals surface area contributed by atoms with Crippen LogP contribution in [0.2, 0.25) is 0 Å². The van der Waals surface area contributed by atoms with Crippen molar-refractivity contribution in [2.24, 2.45) is 0 Å². The first kappa shape index (κ1) is 12.1. The molecule has 1 aromatic rings. The smallest absolute Gasteiger partial charge is 0.220 e. The van der Waals surface area contributed by atoms with Crippen LogP contribution in [0.1, 0.15) is 5.56 Å². The van der Waals surface area contributed by atoms with Crippen LogP contribution in [0.3, 0.4) is 0 Å². The maximum absolute atomic E-state index is 12.4. The molecular weight excluding hydrogens is 266 g/mol. The summed E-state index contributed by atoms with van der Waals surface area (Å²) in [5.74, 6) is 0.329. The molecule has 0 radical (unpaired) electrons. The number of ketones is 2. The summed E-state index contributed by atoms with van der Waals surface area (Å²) in [6, 6.07) is 9.82. The van der Waals surface area contributed by atoms with Gasteiger partial charge in [0.2, 0.25) is 5.78 Å². The minimum Gasteiger partial charge on any atom is -0.482 e. The molecule has 1 aliphatic carbocycles. The molecule has 104 valence electrons. The van der Waals surface area contributed by atoms with Crippen LogP contribution in [0.15, 0.2) is 59.0 Å². The first-order valence-corrected chi connectivity index (χ1v) is 6.83.